The van der Waals surface area contributed by atoms with Crippen molar-refractivity contribution in [2.45, 2.75) is 31.8 Å². The van der Waals surface area contributed by atoms with Crippen molar-refractivity contribution in [2.24, 2.45) is 5.73 Å². The van der Waals surface area contributed by atoms with Crippen LogP contribution in [0.15, 0.2) is 30.3 Å². The highest BCUT2D eigenvalue weighted by atomic mass is 16.5. The molecule has 3 N–H and O–H groups in total. The minimum atomic E-state index is -0.741. The Morgan fingerprint density at radius 1 is 1.30 bits per heavy atom. The number of Topliss-reactive ketones (excluding diaryl/α,β-unsaturated/α-hetero) is 1. The lowest BCUT2D eigenvalue weighted by molar-refractivity contribution is -0.126. The molecule has 0 radical (unpaired) electrons. The number of ether oxygens (including phenoxy) is 1. The summed E-state index contributed by atoms with van der Waals surface area (Å²) in [5.41, 5.74) is 6.69. The summed E-state index contributed by atoms with van der Waals surface area (Å²) in [6.07, 6.45) is 0.681. The molecule has 0 aromatic heterocycles. The fourth-order valence-corrected chi connectivity index (χ4v) is 1.88. The van der Waals surface area contributed by atoms with Crippen molar-refractivity contribution in [3.63, 3.8) is 0 Å². The first-order valence-corrected chi connectivity index (χ1v) is 6.61. The summed E-state index contributed by atoms with van der Waals surface area (Å²) in [6, 6.07) is 8.97. The predicted octanol–water partition coefficient (Wildman–Crippen LogP) is 0.667. The van der Waals surface area contributed by atoms with Gasteiger partial charge in [0.1, 0.15) is 5.78 Å². The van der Waals surface area contributed by atoms with Crippen LogP contribution < -0.4 is 11.1 Å². The van der Waals surface area contributed by atoms with Gasteiger partial charge in [-0.15, -0.1) is 0 Å². The molecule has 1 amide bonds. The molecule has 0 saturated carbocycles. The van der Waals surface area contributed by atoms with Crippen LogP contribution in [0.3, 0.4) is 0 Å². The van der Waals surface area contributed by atoms with Gasteiger partial charge in [-0.05, 0) is 18.9 Å². The van der Waals surface area contributed by atoms with Crippen molar-refractivity contribution in [1.82, 2.24) is 5.32 Å². The van der Waals surface area contributed by atoms with E-state index in [1.54, 1.807) is 7.11 Å². The first-order chi connectivity index (χ1) is 9.52. The molecule has 1 aromatic rings. The van der Waals surface area contributed by atoms with Crippen molar-refractivity contribution in [3.05, 3.63) is 35.9 Å². The largest absolute Gasteiger partial charge is 0.383 e. The van der Waals surface area contributed by atoms with Gasteiger partial charge < -0.3 is 15.8 Å². The SMILES string of the molecule is COCC(Cc1ccccc1)NC(=O)C[C@H](N)C(C)=O. The molecule has 5 nitrogen and oxygen atoms in total. The second-order valence-electron chi connectivity index (χ2n) is 4.83. The number of rotatable bonds is 8. The van der Waals surface area contributed by atoms with Crippen molar-refractivity contribution < 1.29 is 14.3 Å². The van der Waals surface area contributed by atoms with Gasteiger partial charge in [-0.2, -0.15) is 0 Å². The normalized spacial score (nSPS) is 13.6. The molecule has 0 bridgehead atoms. The Balaban J connectivity index is 2.54. The number of benzene rings is 1. The molecule has 1 aromatic carbocycles. The molecule has 110 valence electrons. The first kappa shape index (κ1) is 16.3. The van der Waals surface area contributed by atoms with Crippen LogP contribution in [-0.2, 0) is 20.7 Å². The van der Waals surface area contributed by atoms with Crippen LogP contribution in [0.25, 0.3) is 0 Å². The van der Waals surface area contributed by atoms with E-state index in [9.17, 15) is 9.59 Å². The predicted molar refractivity (Wildman–Crippen MR) is 77.2 cm³/mol. The average Bonchev–Trinajstić information content (AvgIpc) is 2.39. The molecule has 0 fully saturated rings. The Labute approximate surface area is 119 Å². The lowest BCUT2D eigenvalue weighted by Gasteiger charge is -2.19. The summed E-state index contributed by atoms with van der Waals surface area (Å²) >= 11 is 0. The Morgan fingerprint density at radius 3 is 2.50 bits per heavy atom. The van der Waals surface area contributed by atoms with E-state index in [1.165, 1.54) is 6.92 Å². The van der Waals surface area contributed by atoms with Crippen molar-refractivity contribution in [3.8, 4) is 0 Å². The summed E-state index contributed by atoms with van der Waals surface area (Å²) < 4.78 is 5.12. The van der Waals surface area contributed by atoms with Gasteiger partial charge in [0, 0.05) is 13.5 Å². The standard InChI is InChI=1S/C15H22N2O3/c1-11(18)14(16)9-15(19)17-13(10-20-2)8-12-6-4-3-5-7-12/h3-7,13-14H,8-10,16H2,1-2H3,(H,17,19)/t13?,14-/m0/s1. The maximum atomic E-state index is 11.8. The Bertz CT molecular complexity index is 434. The maximum Gasteiger partial charge on any atom is 0.222 e. The molecule has 0 aliphatic heterocycles. The van der Waals surface area contributed by atoms with Gasteiger partial charge in [0.25, 0.3) is 0 Å². The summed E-state index contributed by atoms with van der Waals surface area (Å²) in [4.78, 5) is 22.9. The van der Waals surface area contributed by atoms with E-state index in [1.807, 2.05) is 30.3 Å². The van der Waals surface area contributed by atoms with Crippen LogP contribution in [0.5, 0.6) is 0 Å². The topological polar surface area (TPSA) is 81.4 Å². The number of nitrogens with two attached hydrogens (primary N) is 1. The fraction of sp³-hybridized carbons (Fsp3) is 0.467. The summed E-state index contributed by atoms with van der Waals surface area (Å²) in [5, 5.41) is 2.86. The number of carbonyl (C=O) groups is 2. The number of amides is 1. The Morgan fingerprint density at radius 2 is 1.95 bits per heavy atom. The van der Waals surface area contributed by atoms with Gasteiger partial charge in [-0.25, -0.2) is 0 Å². The summed E-state index contributed by atoms with van der Waals surface area (Å²) in [5.74, 6) is -0.419. The quantitative estimate of drug-likeness (QED) is 0.732. The van der Waals surface area contributed by atoms with E-state index in [-0.39, 0.29) is 24.2 Å². The Hall–Kier alpha value is -1.72. The summed E-state index contributed by atoms with van der Waals surface area (Å²) in [6.45, 7) is 1.80. The van der Waals surface area contributed by atoms with Gasteiger partial charge in [0.15, 0.2) is 0 Å². The van der Waals surface area contributed by atoms with E-state index < -0.39 is 6.04 Å². The zero-order valence-corrected chi connectivity index (χ0v) is 12.0. The van der Waals surface area contributed by atoms with Gasteiger partial charge in [0.2, 0.25) is 5.91 Å². The lowest BCUT2D eigenvalue weighted by Crippen LogP contribution is -2.43. The number of methoxy groups -OCH3 is 1. The smallest absolute Gasteiger partial charge is 0.222 e. The fourth-order valence-electron chi connectivity index (χ4n) is 1.88. The van der Waals surface area contributed by atoms with Gasteiger partial charge in [-0.1, -0.05) is 30.3 Å². The van der Waals surface area contributed by atoms with Crippen LogP contribution in [0.1, 0.15) is 18.9 Å². The first-order valence-electron chi connectivity index (χ1n) is 6.61. The van der Waals surface area contributed by atoms with Crippen LogP contribution in [0, 0.1) is 0 Å². The molecular formula is C15H22N2O3. The third kappa shape index (κ3) is 5.95. The van der Waals surface area contributed by atoms with Crippen LogP contribution in [-0.4, -0.2) is 37.5 Å². The molecule has 0 heterocycles. The van der Waals surface area contributed by atoms with Crippen LogP contribution in [0.4, 0.5) is 0 Å². The number of hydrogen-bond acceptors (Lipinski definition) is 4. The molecule has 0 aliphatic rings. The molecule has 2 atom stereocenters. The minimum absolute atomic E-state index is 0.00430. The van der Waals surface area contributed by atoms with E-state index >= 15 is 0 Å². The number of nitrogens with one attached hydrogen (secondary N) is 1. The number of carbonyl (C=O) groups excluding carboxylic acids is 2. The average molecular weight is 278 g/mol. The van der Waals surface area contributed by atoms with Gasteiger partial charge in [0.05, 0.1) is 18.7 Å². The molecule has 0 saturated heterocycles. The minimum Gasteiger partial charge on any atom is -0.383 e. The zero-order chi connectivity index (χ0) is 15.0. The van der Waals surface area contributed by atoms with Gasteiger partial charge >= 0.3 is 0 Å². The molecule has 0 spiro atoms. The molecule has 5 heteroatoms. The second-order valence-corrected chi connectivity index (χ2v) is 4.83. The molecule has 0 aliphatic carbocycles. The van der Waals surface area contributed by atoms with Crippen molar-refractivity contribution in [1.29, 1.82) is 0 Å². The third-order valence-corrected chi connectivity index (χ3v) is 2.99. The Kier molecular flexibility index (Phi) is 6.90. The molecule has 20 heavy (non-hydrogen) atoms. The van der Waals surface area contributed by atoms with E-state index in [2.05, 4.69) is 5.32 Å². The van der Waals surface area contributed by atoms with Crippen LogP contribution in [0.2, 0.25) is 0 Å². The molecular weight excluding hydrogens is 256 g/mol. The van der Waals surface area contributed by atoms with Crippen molar-refractivity contribution >= 4 is 11.7 Å². The highest BCUT2D eigenvalue weighted by Gasteiger charge is 2.17. The van der Waals surface area contributed by atoms with E-state index in [0.29, 0.717) is 13.0 Å². The zero-order valence-electron chi connectivity index (χ0n) is 12.0. The molecule has 1 unspecified atom stereocenters. The maximum absolute atomic E-state index is 11.8. The monoisotopic (exact) mass is 278 g/mol. The molecule has 1 rings (SSSR count). The van der Waals surface area contributed by atoms with E-state index in [4.69, 9.17) is 10.5 Å². The third-order valence-electron chi connectivity index (χ3n) is 2.99. The lowest BCUT2D eigenvalue weighted by atomic mass is 10.1. The summed E-state index contributed by atoms with van der Waals surface area (Å²) in [7, 11) is 1.59. The highest BCUT2D eigenvalue weighted by Crippen LogP contribution is 2.04. The van der Waals surface area contributed by atoms with E-state index in [0.717, 1.165) is 5.56 Å². The van der Waals surface area contributed by atoms with Crippen molar-refractivity contribution in [2.75, 3.05) is 13.7 Å². The second kappa shape index (κ2) is 8.45. The van der Waals surface area contributed by atoms with Gasteiger partial charge in [-0.3, -0.25) is 9.59 Å². The number of ketones is 1. The number of hydrogen-bond donors (Lipinski definition) is 2. The van der Waals surface area contributed by atoms with Crippen LogP contribution >= 0.6 is 0 Å². The highest BCUT2D eigenvalue weighted by molar-refractivity contribution is 5.88.